The number of hydrogen-bond donors (Lipinski definition) is 3. The molecule has 4 N–H and O–H groups in total. The Bertz CT molecular complexity index is 371. The van der Waals surface area contributed by atoms with Crippen LogP contribution in [0.5, 0.6) is 0 Å². The molecule has 0 aliphatic heterocycles. The minimum absolute atomic E-state index is 0.0627. The maximum atomic E-state index is 10.6. The number of aliphatic carboxylic acids is 1. The largest absolute Gasteiger partial charge is 0.481 e. The lowest BCUT2D eigenvalue weighted by Gasteiger charge is -2.23. The number of carboxylic acids is 1. The lowest BCUT2D eigenvalue weighted by molar-refractivity contribution is -0.137. The Labute approximate surface area is 103 Å². The first-order chi connectivity index (χ1) is 7.56. The zero-order chi connectivity index (χ0) is 12.1. The average molecular weight is 287 g/mol. The number of nitrogens with two attached hydrogens (primary N) is 1. The topological polar surface area (TPSA) is 75.3 Å². The molecule has 1 rings (SSSR count). The van der Waals surface area contributed by atoms with E-state index in [-0.39, 0.29) is 12.5 Å². The molecule has 4 nitrogen and oxygen atoms in total. The van der Waals surface area contributed by atoms with Crippen molar-refractivity contribution < 1.29 is 9.90 Å². The molecular weight excluding hydrogens is 272 g/mol. The minimum atomic E-state index is -0.889. The zero-order valence-corrected chi connectivity index (χ0v) is 10.6. The molecule has 1 aromatic carbocycles. The van der Waals surface area contributed by atoms with E-state index in [4.69, 9.17) is 10.8 Å². The standard InChI is InChI=1S/C11H15BrN2O2/c1-14-11(9(13)6-10(15)16)7-4-2-3-5-8(7)12/h2-5,9,11,14H,6,13H2,1H3,(H,15,16). The third kappa shape index (κ3) is 3.30. The van der Waals surface area contributed by atoms with Gasteiger partial charge >= 0.3 is 5.97 Å². The van der Waals surface area contributed by atoms with Crippen LogP contribution in [0.15, 0.2) is 28.7 Å². The summed E-state index contributed by atoms with van der Waals surface area (Å²) < 4.78 is 0.926. The highest BCUT2D eigenvalue weighted by Gasteiger charge is 2.21. The van der Waals surface area contributed by atoms with E-state index in [9.17, 15) is 4.79 Å². The van der Waals surface area contributed by atoms with Crippen molar-refractivity contribution in [3.63, 3.8) is 0 Å². The summed E-state index contributed by atoms with van der Waals surface area (Å²) >= 11 is 3.43. The van der Waals surface area contributed by atoms with Gasteiger partial charge in [-0.15, -0.1) is 0 Å². The highest BCUT2D eigenvalue weighted by Crippen LogP contribution is 2.25. The fraction of sp³-hybridized carbons (Fsp3) is 0.364. The van der Waals surface area contributed by atoms with Crippen LogP contribution in [0.25, 0.3) is 0 Å². The summed E-state index contributed by atoms with van der Waals surface area (Å²) in [6, 6.07) is 7.01. The Hall–Kier alpha value is -0.910. The SMILES string of the molecule is CNC(c1ccccc1Br)C(N)CC(=O)O. The van der Waals surface area contributed by atoms with Crippen molar-refractivity contribution in [2.75, 3.05) is 7.05 Å². The van der Waals surface area contributed by atoms with Crippen molar-refractivity contribution in [2.45, 2.75) is 18.5 Å². The molecule has 0 saturated heterocycles. The highest BCUT2D eigenvalue weighted by molar-refractivity contribution is 9.10. The Morgan fingerprint density at radius 3 is 2.69 bits per heavy atom. The number of rotatable bonds is 5. The van der Waals surface area contributed by atoms with Crippen LogP contribution in [0.3, 0.4) is 0 Å². The van der Waals surface area contributed by atoms with Gasteiger partial charge in [0.25, 0.3) is 0 Å². The molecule has 0 bridgehead atoms. The van der Waals surface area contributed by atoms with Crippen LogP contribution in [-0.2, 0) is 4.79 Å². The normalized spacial score (nSPS) is 14.4. The Kier molecular flexibility index (Phi) is 4.92. The maximum absolute atomic E-state index is 10.6. The van der Waals surface area contributed by atoms with Gasteiger partial charge in [0.2, 0.25) is 0 Å². The van der Waals surface area contributed by atoms with E-state index in [1.54, 1.807) is 7.05 Å². The van der Waals surface area contributed by atoms with Gasteiger partial charge < -0.3 is 16.2 Å². The smallest absolute Gasteiger partial charge is 0.304 e. The van der Waals surface area contributed by atoms with Gasteiger partial charge in [0, 0.05) is 16.6 Å². The number of hydrogen-bond acceptors (Lipinski definition) is 3. The molecular formula is C11H15BrN2O2. The van der Waals surface area contributed by atoms with Gasteiger partial charge in [-0.05, 0) is 18.7 Å². The molecule has 0 amide bonds. The van der Waals surface area contributed by atoms with Gasteiger partial charge in [-0.1, -0.05) is 34.1 Å². The number of carbonyl (C=O) groups is 1. The molecule has 5 heteroatoms. The first-order valence-corrected chi connectivity index (χ1v) is 5.74. The van der Waals surface area contributed by atoms with Gasteiger partial charge in [0.15, 0.2) is 0 Å². The molecule has 0 heterocycles. The number of likely N-dealkylation sites (N-methyl/N-ethyl adjacent to an activating group) is 1. The molecule has 1 aromatic rings. The molecule has 0 saturated carbocycles. The third-order valence-electron chi connectivity index (χ3n) is 2.39. The van der Waals surface area contributed by atoms with Crippen LogP contribution >= 0.6 is 15.9 Å². The van der Waals surface area contributed by atoms with Crippen molar-refractivity contribution in [3.05, 3.63) is 34.3 Å². The van der Waals surface area contributed by atoms with Crippen LogP contribution in [0.2, 0.25) is 0 Å². The first-order valence-electron chi connectivity index (χ1n) is 4.95. The summed E-state index contributed by atoms with van der Waals surface area (Å²) in [6.45, 7) is 0. The van der Waals surface area contributed by atoms with Gasteiger partial charge in [-0.25, -0.2) is 0 Å². The van der Waals surface area contributed by atoms with Crippen LogP contribution in [0.1, 0.15) is 18.0 Å². The van der Waals surface area contributed by atoms with Crippen molar-refractivity contribution in [1.29, 1.82) is 0 Å². The quantitative estimate of drug-likeness (QED) is 0.767. The predicted molar refractivity (Wildman–Crippen MR) is 66.2 cm³/mol. The van der Waals surface area contributed by atoms with Crippen molar-refractivity contribution in [3.8, 4) is 0 Å². The first kappa shape index (κ1) is 13.2. The molecule has 0 radical (unpaired) electrons. The Morgan fingerprint density at radius 1 is 1.56 bits per heavy atom. The van der Waals surface area contributed by atoms with Gasteiger partial charge in [0.1, 0.15) is 0 Å². The van der Waals surface area contributed by atoms with Crippen molar-refractivity contribution in [1.82, 2.24) is 5.32 Å². The summed E-state index contributed by atoms with van der Waals surface area (Å²) in [7, 11) is 1.77. The predicted octanol–water partition coefficient (Wildman–Crippen LogP) is 1.51. The molecule has 88 valence electrons. The lowest BCUT2D eigenvalue weighted by Crippen LogP contribution is -2.38. The minimum Gasteiger partial charge on any atom is -0.481 e. The van der Waals surface area contributed by atoms with E-state index in [0.717, 1.165) is 10.0 Å². The molecule has 0 fully saturated rings. The number of halogens is 1. The molecule has 0 aliphatic rings. The molecule has 16 heavy (non-hydrogen) atoms. The van der Waals surface area contributed by atoms with Crippen LogP contribution in [-0.4, -0.2) is 24.2 Å². The van der Waals surface area contributed by atoms with Crippen molar-refractivity contribution in [2.24, 2.45) is 5.73 Å². The number of nitrogens with one attached hydrogen (secondary N) is 1. The Morgan fingerprint density at radius 2 is 2.19 bits per heavy atom. The molecule has 2 unspecified atom stereocenters. The summed E-state index contributed by atoms with van der Waals surface area (Å²) in [4.78, 5) is 10.6. The maximum Gasteiger partial charge on any atom is 0.304 e. The second-order valence-corrected chi connectivity index (χ2v) is 4.40. The van der Waals surface area contributed by atoms with Gasteiger partial charge in [-0.2, -0.15) is 0 Å². The lowest BCUT2D eigenvalue weighted by atomic mass is 9.98. The Balaban J connectivity index is 2.90. The zero-order valence-electron chi connectivity index (χ0n) is 8.98. The fourth-order valence-corrected chi connectivity index (χ4v) is 2.18. The van der Waals surface area contributed by atoms with E-state index in [2.05, 4.69) is 21.2 Å². The molecule has 2 atom stereocenters. The monoisotopic (exact) mass is 286 g/mol. The summed E-state index contributed by atoms with van der Waals surface area (Å²) in [5.41, 5.74) is 6.84. The van der Waals surface area contributed by atoms with Crippen LogP contribution in [0.4, 0.5) is 0 Å². The summed E-state index contributed by atoms with van der Waals surface area (Å²) in [5, 5.41) is 11.8. The van der Waals surface area contributed by atoms with Gasteiger partial charge in [-0.3, -0.25) is 4.79 Å². The average Bonchev–Trinajstić information content (AvgIpc) is 2.20. The van der Waals surface area contributed by atoms with E-state index in [1.807, 2.05) is 24.3 Å². The van der Waals surface area contributed by atoms with Gasteiger partial charge in [0.05, 0.1) is 6.42 Å². The number of benzene rings is 1. The fourth-order valence-electron chi connectivity index (χ4n) is 1.65. The van der Waals surface area contributed by atoms with E-state index < -0.39 is 12.0 Å². The number of carboxylic acid groups (broad SMARTS) is 1. The molecule has 0 aromatic heterocycles. The highest BCUT2D eigenvalue weighted by atomic mass is 79.9. The third-order valence-corrected chi connectivity index (χ3v) is 3.11. The van der Waals surface area contributed by atoms with E-state index in [1.165, 1.54) is 0 Å². The van der Waals surface area contributed by atoms with Crippen LogP contribution in [0, 0.1) is 0 Å². The van der Waals surface area contributed by atoms with Crippen LogP contribution < -0.4 is 11.1 Å². The molecule has 0 spiro atoms. The summed E-state index contributed by atoms with van der Waals surface area (Å²) in [6.07, 6.45) is -0.0627. The summed E-state index contributed by atoms with van der Waals surface area (Å²) in [5.74, 6) is -0.889. The van der Waals surface area contributed by atoms with E-state index in [0.29, 0.717) is 0 Å². The second-order valence-electron chi connectivity index (χ2n) is 3.55. The van der Waals surface area contributed by atoms with E-state index >= 15 is 0 Å². The van der Waals surface area contributed by atoms with Crippen molar-refractivity contribution >= 4 is 21.9 Å². The second kappa shape index (κ2) is 5.98. The molecule has 0 aliphatic carbocycles.